The quantitative estimate of drug-likeness (QED) is 0.580. The Balaban J connectivity index is 1.64. The van der Waals surface area contributed by atoms with Gasteiger partial charge in [-0.05, 0) is 57.9 Å². The molecule has 7 heteroatoms. The van der Waals surface area contributed by atoms with Crippen LogP contribution in [0, 0.1) is 12.8 Å². The number of ether oxygens (including phenoxy) is 1. The third kappa shape index (κ3) is 5.36. The van der Waals surface area contributed by atoms with Gasteiger partial charge in [0.05, 0.1) is 15.2 Å². The van der Waals surface area contributed by atoms with E-state index in [4.69, 9.17) is 4.74 Å². The van der Waals surface area contributed by atoms with Gasteiger partial charge in [0, 0.05) is 30.8 Å². The molecule has 0 aliphatic heterocycles. The van der Waals surface area contributed by atoms with E-state index >= 15 is 0 Å². The summed E-state index contributed by atoms with van der Waals surface area (Å²) in [6.45, 7) is 5.70. The molecule has 1 heterocycles. The van der Waals surface area contributed by atoms with E-state index in [1.54, 1.807) is 30.5 Å². The number of carbonyl (C=O) groups is 1. The first-order valence-corrected chi connectivity index (χ1v) is 10.0. The number of allylic oxidation sites excluding steroid dienone is 2. The van der Waals surface area contributed by atoms with Crippen molar-refractivity contribution in [2.24, 2.45) is 15.9 Å². The molecule has 1 amide bonds. The van der Waals surface area contributed by atoms with Crippen molar-refractivity contribution in [3.05, 3.63) is 47.3 Å². The molecule has 1 fully saturated rings. The number of rotatable bonds is 6. The number of aryl methyl sites for hydroxylation is 1. The van der Waals surface area contributed by atoms with Gasteiger partial charge in [-0.1, -0.05) is 0 Å². The van der Waals surface area contributed by atoms with Crippen LogP contribution in [0.5, 0.6) is 5.75 Å². The van der Waals surface area contributed by atoms with Crippen LogP contribution < -0.4 is 10.1 Å². The Labute approximate surface area is 168 Å². The lowest BCUT2D eigenvalue weighted by atomic mass is 10.3. The molecule has 2 aromatic rings. The highest BCUT2D eigenvalue weighted by atomic mass is 32.1. The molecule has 28 heavy (non-hydrogen) atoms. The number of hydrogen-bond acceptors (Lipinski definition) is 6. The topological polar surface area (TPSA) is 75.9 Å². The zero-order chi connectivity index (χ0) is 20.1. The number of fused-ring (bicyclic) bond motifs is 1. The van der Waals surface area contributed by atoms with Crippen molar-refractivity contribution in [2.45, 2.75) is 33.6 Å². The van der Waals surface area contributed by atoms with Gasteiger partial charge < -0.3 is 10.1 Å². The minimum Gasteiger partial charge on any atom is -0.439 e. The number of nitrogens with zero attached hydrogens (tertiary/aromatic N) is 3. The van der Waals surface area contributed by atoms with E-state index in [0.717, 1.165) is 33.8 Å². The highest BCUT2D eigenvalue weighted by Crippen LogP contribution is 2.29. The second-order valence-electron chi connectivity index (χ2n) is 6.55. The van der Waals surface area contributed by atoms with Crippen molar-refractivity contribution < 1.29 is 9.53 Å². The lowest BCUT2D eigenvalue weighted by molar-refractivity contribution is -0.121. The Morgan fingerprint density at radius 3 is 2.82 bits per heavy atom. The van der Waals surface area contributed by atoms with Gasteiger partial charge in [0.2, 0.25) is 11.8 Å². The number of amides is 1. The van der Waals surface area contributed by atoms with Gasteiger partial charge in [0.15, 0.2) is 0 Å². The molecular formula is C21H24N4O2S. The average Bonchev–Trinajstić information content (AvgIpc) is 3.46. The maximum absolute atomic E-state index is 11.9. The Morgan fingerprint density at radius 1 is 1.36 bits per heavy atom. The number of nitrogens with one attached hydrogen (secondary N) is 1. The predicted octanol–water partition coefficient (Wildman–Crippen LogP) is 4.42. The molecule has 0 bridgehead atoms. The largest absolute Gasteiger partial charge is 0.439 e. The van der Waals surface area contributed by atoms with Crippen molar-refractivity contribution in [2.75, 3.05) is 7.05 Å². The molecule has 146 valence electrons. The number of thiazole rings is 1. The fourth-order valence-corrected chi connectivity index (χ4v) is 3.37. The normalized spacial score (nSPS) is 16.1. The van der Waals surface area contributed by atoms with Crippen molar-refractivity contribution in [1.82, 2.24) is 10.3 Å². The third-order valence-electron chi connectivity index (χ3n) is 4.15. The van der Waals surface area contributed by atoms with Crippen molar-refractivity contribution >= 4 is 39.1 Å². The Bertz CT molecular complexity index is 997. The van der Waals surface area contributed by atoms with Gasteiger partial charge in [0.25, 0.3) is 0 Å². The van der Waals surface area contributed by atoms with Gasteiger partial charge in [-0.2, -0.15) is 0 Å². The smallest absolute Gasteiger partial charge is 0.228 e. The summed E-state index contributed by atoms with van der Waals surface area (Å²) in [5.41, 5.74) is 1.71. The Kier molecular flexibility index (Phi) is 6.36. The van der Waals surface area contributed by atoms with Crippen LogP contribution in [0.15, 0.2) is 52.2 Å². The first-order valence-electron chi connectivity index (χ1n) is 9.21. The van der Waals surface area contributed by atoms with Crippen LogP contribution in [-0.2, 0) is 4.79 Å². The minimum atomic E-state index is 0.0430. The molecule has 1 aromatic heterocycles. The first kappa shape index (κ1) is 19.9. The fourth-order valence-electron chi connectivity index (χ4n) is 2.52. The molecule has 1 aliphatic rings. The summed E-state index contributed by atoms with van der Waals surface area (Å²) in [6, 6.07) is 5.79. The number of aromatic nitrogens is 1. The number of hydrogen-bond donors (Lipinski definition) is 1. The van der Waals surface area contributed by atoms with Crippen LogP contribution in [0.3, 0.4) is 0 Å². The molecular weight excluding hydrogens is 372 g/mol. The highest BCUT2D eigenvalue weighted by Gasteiger charge is 2.29. The predicted molar refractivity (Wildman–Crippen MR) is 115 cm³/mol. The molecule has 0 radical (unpaired) electrons. The molecule has 0 atom stereocenters. The molecule has 0 spiro atoms. The van der Waals surface area contributed by atoms with Gasteiger partial charge in [-0.25, -0.2) is 9.98 Å². The Hall–Kier alpha value is -2.80. The lowest BCUT2D eigenvalue weighted by Crippen LogP contribution is -2.23. The van der Waals surface area contributed by atoms with E-state index in [9.17, 15) is 4.79 Å². The first-order chi connectivity index (χ1) is 13.5. The average molecular weight is 397 g/mol. The van der Waals surface area contributed by atoms with Crippen molar-refractivity contribution in [1.29, 1.82) is 0 Å². The van der Waals surface area contributed by atoms with E-state index in [2.05, 4.69) is 20.3 Å². The summed E-state index contributed by atoms with van der Waals surface area (Å²) in [7, 11) is 1.68. The van der Waals surface area contributed by atoms with Gasteiger partial charge in [0.1, 0.15) is 11.6 Å². The van der Waals surface area contributed by atoms with Crippen LogP contribution in [0.25, 0.3) is 10.2 Å². The van der Waals surface area contributed by atoms with Crippen LogP contribution in [0.2, 0.25) is 0 Å². The second-order valence-corrected chi connectivity index (χ2v) is 7.79. The van der Waals surface area contributed by atoms with Crippen molar-refractivity contribution in [3.63, 3.8) is 0 Å². The summed E-state index contributed by atoms with van der Waals surface area (Å²) >= 11 is 1.63. The van der Waals surface area contributed by atoms with Crippen LogP contribution in [0.4, 0.5) is 0 Å². The molecule has 1 aromatic carbocycles. The van der Waals surface area contributed by atoms with E-state index < -0.39 is 0 Å². The zero-order valence-corrected chi connectivity index (χ0v) is 17.3. The molecule has 1 saturated carbocycles. The number of carbonyl (C=O) groups excluding carboxylic acids is 1. The highest BCUT2D eigenvalue weighted by molar-refractivity contribution is 7.18. The minimum absolute atomic E-state index is 0.0430. The molecule has 1 N–H and O–H groups in total. The number of aliphatic imine (C=N–C) groups is 2. The SMILES string of the molecule is C\C=C(/N=C(C)/C=C\C(=NC)Oc1ccc2nc(C)sc2c1)NC(=O)C1CC1. The van der Waals surface area contributed by atoms with E-state index in [1.807, 2.05) is 45.0 Å². The summed E-state index contributed by atoms with van der Waals surface area (Å²) in [5.74, 6) is 1.93. The maximum Gasteiger partial charge on any atom is 0.228 e. The zero-order valence-electron chi connectivity index (χ0n) is 16.5. The summed E-state index contributed by atoms with van der Waals surface area (Å²) in [4.78, 5) is 25.0. The summed E-state index contributed by atoms with van der Waals surface area (Å²) < 4.78 is 6.95. The summed E-state index contributed by atoms with van der Waals surface area (Å²) in [5, 5.41) is 3.88. The Morgan fingerprint density at radius 2 is 2.14 bits per heavy atom. The standard InChI is InChI=1S/C21H24N4O2S/c1-5-19(25-21(26)15-7-8-15)23-13(2)6-11-20(22-4)27-16-9-10-17-18(12-16)28-14(3)24-17/h5-6,9-12,15H,7-8H2,1-4H3,(H,25,26)/b11-6-,19-5+,22-20?,23-13+. The van der Waals surface area contributed by atoms with Crippen LogP contribution in [0.1, 0.15) is 31.7 Å². The van der Waals surface area contributed by atoms with Gasteiger partial charge >= 0.3 is 0 Å². The summed E-state index contributed by atoms with van der Waals surface area (Å²) in [6.07, 6.45) is 7.29. The van der Waals surface area contributed by atoms with E-state index in [1.165, 1.54) is 0 Å². The molecule has 3 rings (SSSR count). The molecule has 1 aliphatic carbocycles. The van der Waals surface area contributed by atoms with Crippen LogP contribution >= 0.6 is 11.3 Å². The van der Waals surface area contributed by atoms with E-state index in [0.29, 0.717) is 17.5 Å². The van der Waals surface area contributed by atoms with Crippen LogP contribution in [-0.4, -0.2) is 29.5 Å². The maximum atomic E-state index is 11.9. The van der Waals surface area contributed by atoms with Crippen molar-refractivity contribution in [3.8, 4) is 5.75 Å². The molecule has 0 unspecified atom stereocenters. The lowest BCUT2D eigenvalue weighted by Gasteiger charge is -2.06. The molecule has 6 nitrogen and oxygen atoms in total. The second kappa shape index (κ2) is 8.93. The van der Waals surface area contributed by atoms with Gasteiger partial charge in [-0.15, -0.1) is 11.3 Å². The fraction of sp³-hybridized carbons (Fsp3) is 0.333. The van der Waals surface area contributed by atoms with E-state index in [-0.39, 0.29) is 11.8 Å². The molecule has 0 saturated heterocycles. The third-order valence-corrected chi connectivity index (χ3v) is 5.08. The number of benzene rings is 1. The van der Waals surface area contributed by atoms with Gasteiger partial charge in [-0.3, -0.25) is 9.79 Å². The monoisotopic (exact) mass is 396 g/mol.